The summed E-state index contributed by atoms with van der Waals surface area (Å²) in [5.41, 5.74) is 0. The Bertz CT molecular complexity index is 483. The highest BCUT2D eigenvalue weighted by molar-refractivity contribution is 5.76. The fourth-order valence-electron chi connectivity index (χ4n) is 1.07. The van der Waals surface area contributed by atoms with Crippen molar-refractivity contribution >= 4 is 11.9 Å². The lowest BCUT2D eigenvalue weighted by atomic mass is 10.3. The van der Waals surface area contributed by atoms with Crippen molar-refractivity contribution in [2.24, 2.45) is 0 Å². The van der Waals surface area contributed by atoms with Crippen LogP contribution in [0.2, 0.25) is 0 Å². The van der Waals surface area contributed by atoms with Gasteiger partial charge in [-0.2, -0.15) is 35.1 Å². The van der Waals surface area contributed by atoms with Gasteiger partial charge in [0.1, 0.15) is 0 Å². The van der Waals surface area contributed by atoms with Crippen LogP contribution in [0.3, 0.4) is 0 Å². The van der Waals surface area contributed by atoms with Crippen LogP contribution in [0.5, 0.6) is 0 Å². The minimum absolute atomic E-state index is 0.768. The molecule has 0 heterocycles. The molecule has 0 aromatic rings. The maximum absolute atomic E-state index is 11.3. The van der Waals surface area contributed by atoms with Gasteiger partial charge < -0.3 is 39.8 Å². The summed E-state index contributed by atoms with van der Waals surface area (Å²) in [5, 5.41) is 20.7. The van der Waals surface area contributed by atoms with Gasteiger partial charge in [-0.15, -0.1) is 0 Å². The van der Waals surface area contributed by atoms with Gasteiger partial charge in [0.15, 0.2) is 0 Å². The number of carboxylic acid groups (broad SMARTS) is 2. The minimum Gasteiger partial charge on any atom is -0.477 e. The van der Waals surface area contributed by atoms with Crippen molar-refractivity contribution in [3.8, 4) is 0 Å². The Hall–Kier alpha value is -1.86. The van der Waals surface area contributed by atoms with E-state index in [1.165, 1.54) is 0 Å². The molecule has 0 unspecified atom stereocenters. The number of halogens is 8. The van der Waals surface area contributed by atoms with Gasteiger partial charge in [0.05, 0.1) is 26.4 Å². The van der Waals surface area contributed by atoms with E-state index in [1.54, 1.807) is 28.4 Å². The second kappa shape index (κ2) is 23.9. The molecule has 0 bridgehead atoms. The normalized spacial score (nSPS) is 11.2. The molecule has 0 amide bonds. The van der Waals surface area contributed by atoms with Gasteiger partial charge in [-0.25, -0.2) is 9.59 Å². The molecule has 0 aromatic heterocycles. The first-order chi connectivity index (χ1) is 16.0. The molecule has 0 atom stereocenters. The van der Waals surface area contributed by atoms with E-state index in [9.17, 15) is 39.9 Å². The summed E-state index contributed by atoms with van der Waals surface area (Å²) in [6.45, 7) is 6.68. The zero-order valence-corrected chi connectivity index (χ0v) is 19.5. The quantitative estimate of drug-likeness (QED) is 0.200. The lowest BCUT2D eigenvalue weighted by Crippen LogP contribution is -2.43. The number of aliphatic carboxylic acids is 2. The Morgan fingerprint density at radius 2 is 0.829 bits per heavy atom. The summed E-state index contributed by atoms with van der Waals surface area (Å²) in [5.74, 6) is -11.6. The molecule has 35 heavy (non-hydrogen) atoms. The van der Waals surface area contributed by atoms with E-state index >= 15 is 0 Å². The van der Waals surface area contributed by atoms with Crippen LogP contribution in [0.4, 0.5) is 35.1 Å². The summed E-state index contributed by atoms with van der Waals surface area (Å²) in [4.78, 5) is 18.1. The van der Waals surface area contributed by atoms with E-state index in [0.29, 0.717) is 0 Å². The first kappa shape index (κ1) is 40.3. The largest absolute Gasteiger partial charge is 0.490 e. The van der Waals surface area contributed by atoms with E-state index in [-0.39, 0.29) is 0 Å². The fourth-order valence-corrected chi connectivity index (χ4v) is 1.07. The third-order valence-corrected chi connectivity index (χ3v) is 2.80. The molecule has 4 N–H and O–H groups in total. The molecule has 0 aliphatic rings. The second-order valence-electron chi connectivity index (χ2n) is 5.65. The maximum Gasteiger partial charge on any atom is 0.490 e. The first-order valence-corrected chi connectivity index (χ1v) is 9.32. The molecule has 0 radical (unpaired) electrons. The van der Waals surface area contributed by atoms with Gasteiger partial charge in [0.2, 0.25) is 0 Å². The van der Waals surface area contributed by atoms with Crippen molar-refractivity contribution in [3.05, 3.63) is 0 Å². The standard InChI is InChI=1S/2C6H15NO2.C3HF5O2.C2HF3O2/c2*1-8-5-3-7-4-6-9-2;4-2(5,1(9)10)3(6,7)8;3-2(4,5)1(6)7/h2*7H,3-6H2,1-2H3;(H,9,10);(H,6,7). The van der Waals surface area contributed by atoms with Gasteiger partial charge in [0, 0.05) is 54.6 Å². The first-order valence-electron chi connectivity index (χ1n) is 9.32. The Balaban J connectivity index is -0.000000184. The highest BCUT2D eigenvalue weighted by Crippen LogP contribution is 2.35. The van der Waals surface area contributed by atoms with Crippen molar-refractivity contribution in [2.75, 3.05) is 81.0 Å². The number of methoxy groups -OCH3 is 4. The summed E-state index contributed by atoms with van der Waals surface area (Å²) >= 11 is 0. The summed E-state index contributed by atoms with van der Waals surface area (Å²) in [6.07, 6.45) is -11.1. The number of ether oxygens (including phenoxy) is 4. The van der Waals surface area contributed by atoms with Gasteiger partial charge >= 0.3 is 30.2 Å². The summed E-state index contributed by atoms with van der Waals surface area (Å²) in [7, 11) is 6.77. The molecule has 10 nitrogen and oxygen atoms in total. The Morgan fingerprint density at radius 1 is 0.600 bits per heavy atom. The van der Waals surface area contributed by atoms with Gasteiger partial charge in [-0.3, -0.25) is 0 Å². The van der Waals surface area contributed by atoms with Crippen LogP contribution in [0, 0.1) is 0 Å². The number of hydrogen-bond acceptors (Lipinski definition) is 8. The van der Waals surface area contributed by atoms with Crippen LogP contribution in [-0.4, -0.2) is 121 Å². The molecular formula is C17H32F8N2O8. The number of carboxylic acids is 2. The Kier molecular flexibility index (Phi) is 27.5. The van der Waals surface area contributed by atoms with E-state index in [2.05, 4.69) is 10.6 Å². The minimum atomic E-state index is -6.02. The zero-order valence-electron chi connectivity index (χ0n) is 19.5. The lowest BCUT2D eigenvalue weighted by Gasteiger charge is -2.13. The van der Waals surface area contributed by atoms with Crippen LogP contribution in [0.25, 0.3) is 0 Å². The molecule has 0 saturated carbocycles. The van der Waals surface area contributed by atoms with Gasteiger partial charge in [-0.05, 0) is 0 Å². The van der Waals surface area contributed by atoms with Crippen LogP contribution >= 0.6 is 0 Å². The van der Waals surface area contributed by atoms with Crippen molar-refractivity contribution in [1.82, 2.24) is 10.6 Å². The molecular weight excluding hydrogens is 512 g/mol. The number of hydrogen-bond donors (Lipinski definition) is 4. The topological polar surface area (TPSA) is 136 Å². The molecule has 0 aliphatic heterocycles. The number of alkyl halides is 8. The van der Waals surface area contributed by atoms with Crippen molar-refractivity contribution in [1.29, 1.82) is 0 Å². The highest BCUT2D eigenvalue weighted by atomic mass is 19.4. The molecule has 0 fully saturated rings. The average molecular weight is 544 g/mol. The van der Waals surface area contributed by atoms with E-state index in [1.807, 2.05) is 0 Å². The molecule has 18 heteroatoms. The lowest BCUT2D eigenvalue weighted by molar-refractivity contribution is -0.277. The van der Waals surface area contributed by atoms with E-state index < -0.39 is 30.2 Å². The molecule has 0 saturated heterocycles. The third kappa shape index (κ3) is 30.1. The van der Waals surface area contributed by atoms with E-state index in [0.717, 1.165) is 52.6 Å². The SMILES string of the molecule is COCCNCCOC.COCCNCCOC.O=C(O)C(F)(F)C(F)(F)F.O=C(O)C(F)(F)F. The zero-order chi connectivity index (χ0) is 28.6. The smallest absolute Gasteiger partial charge is 0.477 e. The summed E-state index contributed by atoms with van der Waals surface area (Å²) < 4.78 is 107. The third-order valence-electron chi connectivity index (χ3n) is 2.80. The molecule has 0 rings (SSSR count). The average Bonchev–Trinajstić information content (AvgIpc) is 2.73. The van der Waals surface area contributed by atoms with Crippen molar-refractivity contribution in [2.45, 2.75) is 18.3 Å². The Labute approximate surface area is 196 Å². The van der Waals surface area contributed by atoms with E-state index in [4.69, 9.17) is 34.0 Å². The molecule has 0 aromatic carbocycles. The van der Waals surface area contributed by atoms with Crippen LogP contribution in [-0.2, 0) is 28.5 Å². The van der Waals surface area contributed by atoms with Crippen molar-refractivity contribution in [3.63, 3.8) is 0 Å². The van der Waals surface area contributed by atoms with Gasteiger partial charge in [0.25, 0.3) is 0 Å². The molecule has 0 spiro atoms. The molecule has 214 valence electrons. The number of carbonyl (C=O) groups is 2. The fraction of sp³-hybridized carbons (Fsp3) is 0.882. The number of rotatable bonds is 13. The second-order valence-corrected chi connectivity index (χ2v) is 5.65. The van der Waals surface area contributed by atoms with Crippen LogP contribution < -0.4 is 10.6 Å². The highest BCUT2D eigenvalue weighted by Gasteiger charge is 2.64. The number of nitrogens with one attached hydrogen (secondary N) is 2. The predicted molar refractivity (Wildman–Crippen MR) is 106 cm³/mol. The maximum atomic E-state index is 11.3. The van der Waals surface area contributed by atoms with Gasteiger partial charge in [-0.1, -0.05) is 0 Å². The van der Waals surface area contributed by atoms with Crippen LogP contribution in [0.1, 0.15) is 0 Å². The summed E-state index contributed by atoms with van der Waals surface area (Å²) in [6, 6.07) is 0. The molecule has 0 aliphatic carbocycles. The van der Waals surface area contributed by atoms with Crippen molar-refractivity contribution < 1.29 is 73.9 Å². The monoisotopic (exact) mass is 544 g/mol. The predicted octanol–water partition coefficient (Wildman–Crippen LogP) is 1.64. The van der Waals surface area contributed by atoms with Crippen LogP contribution in [0.15, 0.2) is 0 Å². The Morgan fingerprint density at radius 3 is 0.914 bits per heavy atom.